The van der Waals surface area contributed by atoms with E-state index >= 15 is 0 Å². The smallest absolute Gasteiger partial charge is 0.257 e. The van der Waals surface area contributed by atoms with E-state index in [2.05, 4.69) is 0 Å². The number of amides is 1. The lowest BCUT2D eigenvalue weighted by atomic mass is 10.0. The van der Waals surface area contributed by atoms with Crippen molar-refractivity contribution in [2.75, 3.05) is 12.9 Å². The average molecular weight is 258 g/mol. The molecule has 0 aliphatic carbocycles. The van der Waals surface area contributed by atoms with Crippen LogP contribution in [0.2, 0.25) is 0 Å². The molecule has 1 rings (SSSR count). The summed E-state index contributed by atoms with van der Waals surface area (Å²) in [7, 11) is 1.77. The third kappa shape index (κ3) is 2.49. The van der Waals surface area contributed by atoms with E-state index in [9.17, 15) is 4.79 Å². The summed E-state index contributed by atoms with van der Waals surface area (Å²) in [6, 6.07) is 0. The summed E-state index contributed by atoms with van der Waals surface area (Å²) in [5.41, 5.74) is 1.19. The molecule has 1 amide bonds. The van der Waals surface area contributed by atoms with Crippen LogP contribution in [0, 0.1) is 20.8 Å². The highest BCUT2D eigenvalue weighted by Crippen LogP contribution is 2.25. The first-order valence-electron chi connectivity index (χ1n) is 5.63. The van der Waals surface area contributed by atoms with Gasteiger partial charge in [0.05, 0.1) is 11.1 Å². The SMILES string of the molecule is Cc1oc(C)c(C(=O)N(C)C(C)(C)CCl)c1C. The Morgan fingerprint density at radius 3 is 2.18 bits per heavy atom. The monoisotopic (exact) mass is 257 g/mol. The fraction of sp³-hybridized carbons (Fsp3) is 0.615. The predicted molar refractivity (Wildman–Crippen MR) is 69.8 cm³/mol. The molecule has 1 heterocycles. The minimum atomic E-state index is -0.372. The summed E-state index contributed by atoms with van der Waals surface area (Å²) in [4.78, 5) is 14.1. The van der Waals surface area contributed by atoms with E-state index in [1.54, 1.807) is 11.9 Å². The van der Waals surface area contributed by atoms with Gasteiger partial charge in [-0.1, -0.05) is 0 Å². The molecule has 17 heavy (non-hydrogen) atoms. The number of rotatable bonds is 3. The zero-order chi connectivity index (χ0) is 13.4. The minimum Gasteiger partial charge on any atom is -0.466 e. The van der Waals surface area contributed by atoms with Crippen LogP contribution in [-0.4, -0.2) is 29.3 Å². The average Bonchev–Trinajstić information content (AvgIpc) is 2.51. The molecule has 1 aromatic heterocycles. The van der Waals surface area contributed by atoms with Gasteiger partial charge in [0.1, 0.15) is 11.5 Å². The zero-order valence-corrected chi connectivity index (χ0v) is 12.1. The summed E-state index contributed by atoms with van der Waals surface area (Å²) >= 11 is 5.89. The number of hydrogen-bond donors (Lipinski definition) is 0. The lowest BCUT2D eigenvalue weighted by Crippen LogP contribution is -2.46. The van der Waals surface area contributed by atoms with E-state index in [0.29, 0.717) is 17.2 Å². The molecule has 0 aliphatic heterocycles. The summed E-state index contributed by atoms with van der Waals surface area (Å²) in [6.07, 6.45) is 0. The first-order valence-corrected chi connectivity index (χ1v) is 6.16. The van der Waals surface area contributed by atoms with Crippen LogP contribution in [-0.2, 0) is 0 Å². The van der Waals surface area contributed by atoms with E-state index < -0.39 is 0 Å². The topological polar surface area (TPSA) is 33.5 Å². The second-order valence-electron chi connectivity index (χ2n) is 5.02. The van der Waals surface area contributed by atoms with Crippen molar-refractivity contribution in [2.45, 2.75) is 40.2 Å². The lowest BCUT2D eigenvalue weighted by molar-refractivity contribution is 0.0658. The van der Waals surface area contributed by atoms with Crippen molar-refractivity contribution in [3.05, 3.63) is 22.6 Å². The Bertz CT molecular complexity index is 435. The van der Waals surface area contributed by atoms with E-state index in [4.69, 9.17) is 16.0 Å². The molecule has 4 heteroatoms. The van der Waals surface area contributed by atoms with Gasteiger partial charge in [-0.15, -0.1) is 11.6 Å². The maximum Gasteiger partial charge on any atom is 0.257 e. The number of furan rings is 1. The molecule has 0 aromatic carbocycles. The molecule has 96 valence electrons. The van der Waals surface area contributed by atoms with Gasteiger partial charge in [0.2, 0.25) is 0 Å². The summed E-state index contributed by atoms with van der Waals surface area (Å²) in [5.74, 6) is 1.82. The Balaban J connectivity index is 3.13. The molecule has 1 aromatic rings. The van der Waals surface area contributed by atoms with Gasteiger partial charge in [0.25, 0.3) is 5.91 Å². The number of carbonyl (C=O) groups is 1. The van der Waals surface area contributed by atoms with E-state index in [1.807, 2.05) is 34.6 Å². The Morgan fingerprint density at radius 2 is 1.82 bits per heavy atom. The van der Waals surface area contributed by atoms with Crippen molar-refractivity contribution in [2.24, 2.45) is 0 Å². The molecule has 0 unspecified atom stereocenters. The molecule has 0 atom stereocenters. The van der Waals surface area contributed by atoms with Crippen LogP contribution in [0.5, 0.6) is 0 Å². The van der Waals surface area contributed by atoms with E-state index in [1.165, 1.54) is 0 Å². The quantitative estimate of drug-likeness (QED) is 0.779. The van der Waals surface area contributed by atoms with E-state index in [0.717, 1.165) is 11.3 Å². The van der Waals surface area contributed by atoms with Gasteiger partial charge < -0.3 is 9.32 Å². The van der Waals surface area contributed by atoms with Crippen LogP contribution in [0.15, 0.2) is 4.42 Å². The summed E-state index contributed by atoms with van der Waals surface area (Å²) in [6.45, 7) is 9.46. The molecule has 0 radical (unpaired) electrons. The molecule has 3 nitrogen and oxygen atoms in total. The normalized spacial score (nSPS) is 11.7. The highest BCUT2D eigenvalue weighted by Gasteiger charge is 2.30. The predicted octanol–water partition coefficient (Wildman–Crippen LogP) is 3.29. The van der Waals surface area contributed by atoms with Crippen LogP contribution >= 0.6 is 11.6 Å². The van der Waals surface area contributed by atoms with E-state index in [-0.39, 0.29) is 11.4 Å². The van der Waals surface area contributed by atoms with Gasteiger partial charge in [-0.05, 0) is 34.6 Å². The zero-order valence-electron chi connectivity index (χ0n) is 11.3. The summed E-state index contributed by atoms with van der Waals surface area (Å²) < 4.78 is 5.48. The van der Waals surface area contributed by atoms with Crippen molar-refractivity contribution in [3.8, 4) is 0 Å². The van der Waals surface area contributed by atoms with Gasteiger partial charge in [-0.2, -0.15) is 0 Å². The fourth-order valence-corrected chi connectivity index (χ4v) is 1.82. The minimum absolute atomic E-state index is 0.0394. The van der Waals surface area contributed by atoms with Gasteiger partial charge in [-0.25, -0.2) is 0 Å². The lowest BCUT2D eigenvalue weighted by Gasteiger charge is -2.34. The second-order valence-corrected chi connectivity index (χ2v) is 5.29. The standard InChI is InChI=1S/C13H20ClNO2/c1-8-9(2)17-10(3)11(8)12(16)15(6)13(4,5)7-14/h7H2,1-6H3. The highest BCUT2D eigenvalue weighted by molar-refractivity contribution is 6.18. The number of carbonyl (C=O) groups excluding carboxylic acids is 1. The number of aryl methyl sites for hydroxylation is 2. The Kier molecular flexibility index (Phi) is 3.92. The maximum absolute atomic E-state index is 12.4. The molecule has 0 spiro atoms. The molecular formula is C13H20ClNO2. The number of alkyl halides is 1. The van der Waals surface area contributed by atoms with Crippen LogP contribution in [0.3, 0.4) is 0 Å². The van der Waals surface area contributed by atoms with Crippen molar-refractivity contribution in [1.82, 2.24) is 4.90 Å². The van der Waals surface area contributed by atoms with Crippen molar-refractivity contribution in [3.63, 3.8) is 0 Å². The maximum atomic E-state index is 12.4. The van der Waals surface area contributed by atoms with Crippen LogP contribution in [0.4, 0.5) is 0 Å². The first kappa shape index (κ1) is 14.1. The first-order chi connectivity index (χ1) is 7.72. The third-order valence-corrected chi connectivity index (χ3v) is 3.97. The van der Waals surface area contributed by atoms with Crippen molar-refractivity contribution >= 4 is 17.5 Å². The number of nitrogens with zero attached hydrogens (tertiary/aromatic N) is 1. The number of halogens is 1. The number of hydrogen-bond acceptors (Lipinski definition) is 2. The fourth-order valence-electron chi connectivity index (χ4n) is 1.64. The Labute approximate surface area is 108 Å². The highest BCUT2D eigenvalue weighted by atomic mass is 35.5. The second kappa shape index (κ2) is 4.73. The Morgan fingerprint density at radius 1 is 1.29 bits per heavy atom. The molecule has 0 saturated carbocycles. The molecule has 0 bridgehead atoms. The van der Waals surface area contributed by atoms with Gasteiger partial charge in [0.15, 0.2) is 0 Å². The van der Waals surface area contributed by atoms with Crippen molar-refractivity contribution < 1.29 is 9.21 Å². The summed E-state index contributed by atoms with van der Waals surface area (Å²) in [5, 5.41) is 0. The van der Waals surface area contributed by atoms with Crippen molar-refractivity contribution in [1.29, 1.82) is 0 Å². The van der Waals surface area contributed by atoms with Gasteiger partial charge >= 0.3 is 0 Å². The molecule has 0 aliphatic rings. The van der Waals surface area contributed by atoms with Gasteiger partial charge in [0, 0.05) is 18.5 Å². The molecular weight excluding hydrogens is 238 g/mol. The molecule has 0 fully saturated rings. The van der Waals surface area contributed by atoms with Crippen LogP contribution in [0.25, 0.3) is 0 Å². The molecule has 0 N–H and O–H groups in total. The third-order valence-electron chi connectivity index (χ3n) is 3.31. The van der Waals surface area contributed by atoms with Crippen LogP contribution < -0.4 is 0 Å². The van der Waals surface area contributed by atoms with Crippen LogP contribution in [0.1, 0.15) is 41.3 Å². The molecule has 0 saturated heterocycles. The largest absolute Gasteiger partial charge is 0.466 e. The Hall–Kier alpha value is -0.960. The van der Waals surface area contributed by atoms with Gasteiger partial charge in [-0.3, -0.25) is 4.79 Å².